The number of aromatic amines is 1. The monoisotopic (exact) mass is 401 g/mol. The van der Waals surface area contributed by atoms with Gasteiger partial charge in [-0.3, -0.25) is 4.79 Å². The maximum atomic E-state index is 10.4. The predicted molar refractivity (Wildman–Crippen MR) is 114 cm³/mol. The second-order valence-electron chi connectivity index (χ2n) is 7.99. The van der Waals surface area contributed by atoms with Gasteiger partial charge >= 0.3 is 7.12 Å². The Morgan fingerprint density at radius 1 is 1.52 bits per heavy atom. The summed E-state index contributed by atoms with van der Waals surface area (Å²) < 4.78 is 10.3. The number of hydrogen-bond donors (Lipinski definition) is 2. The van der Waals surface area contributed by atoms with Crippen molar-refractivity contribution in [3.63, 3.8) is 0 Å². The molecule has 8 heteroatoms. The van der Waals surface area contributed by atoms with Crippen LogP contribution in [0.2, 0.25) is 0 Å². The third kappa shape index (κ3) is 3.37. The number of ether oxygens (including phenoxy) is 1. The summed E-state index contributed by atoms with van der Waals surface area (Å²) in [4.78, 5) is 19.2. The average molecular weight is 401 g/mol. The lowest BCUT2D eigenvalue weighted by atomic mass is 9.49. The zero-order valence-electron chi connectivity index (χ0n) is 18.1. The molecule has 7 nitrogen and oxygen atoms in total. The summed E-state index contributed by atoms with van der Waals surface area (Å²) >= 11 is 0. The molecule has 4 heterocycles. The van der Waals surface area contributed by atoms with Gasteiger partial charge in [-0.25, -0.2) is 4.98 Å². The van der Waals surface area contributed by atoms with E-state index >= 15 is 0 Å². The highest BCUT2D eigenvalue weighted by atomic mass is 16.5. The van der Waals surface area contributed by atoms with Crippen LogP contribution in [0.1, 0.15) is 46.1 Å². The molecule has 0 radical (unpaired) electrons. The lowest BCUT2D eigenvalue weighted by molar-refractivity contribution is -0.171. The Labute approximate surface area is 172 Å². The van der Waals surface area contributed by atoms with Gasteiger partial charge in [0.25, 0.3) is 6.47 Å². The number of nitrogens with one attached hydrogen (secondary N) is 1. The third-order valence-corrected chi connectivity index (χ3v) is 6.67. The first-order chi connectivity index (χ1) is 14.0. The second kappa shape index (κ2) is 8.46. The van der Waals surface area contributed by atoms with E-state index < -0.39 is 7.12 Å². The number of H-pyrrole nitrogens is 1. The lowest BCUT2D eigenvalue weighted by Gasteiger charge is -2.59. The van der Waals surface area contributed by atoms with Crippen molar-refractivity contribution in [3.8, 4) is 0 Å². The molecule has 1 saturated heterocycles. The molecule has 2 aromatic heterocycles. The molecular formula is C21H32BN3O4. The summed E-state index contributed by atoms with van der Waals surface area (Å²) in [6.45, 7) is 11.2. The van der Waals surface area contributed by atoms with E-state index in [-0.39, 0.29) is 5.60 Å². The van der Waals surface area contributed by atoms with Crippen molar-refractivity contribution in [2.24, 2.45) is 11.3 Å². The zero-order chi connectivity index (χ0) is 21.2. The number of rotatable bonds is 2. The fourth-order valence-electron chi connectivity index (χ4n) is 5.32. The highest BCUT2D eigenvalue weighted by molar-refractivity contribution is 6.62. The molecule has 1 saturated carbocycles. The van der Waals surface area contributed by atoms with Crippen LogP contribution in [0.3, 0.4) is 0 Å². The van der Waals surface area contributed by atoms with E-state index in [9.17, 15) is 9.82 Å². The standard InChI is InChI=1S/C16H20BN3O2.C3H6O2.C2H6/c1-10-15(4-6-20(2)9-15)8-16(10)13-11-3-5-18-14(11)19-7-12(13)17(21)22-16;1-2-5-3-4;1-2/h3,5,7,10,21H,4,6,8-9H2,1-2H3,(H,18,19);3H,2H2,1H3;1-2H3. The summed E-state index contributed by atoms with van der Waals surface area (Å²) in [5.41, 5.74) is 2.89. The smallest absolute Gasteiger partial charge is 0.468 e. The van der Waals surface area contributed by atoms with E-state index in [0.29, 0.717) is 24.4 Å². The van der Waals surface area contributed by atoms with Crippen molar-refractivity contribution in [1.29, 1.82) is 0 Å². The van der Waals surface area contributed by atoms with Crippen LogP contribution in [0.5, 0.6) is 0 Å². The molecule has 2 spiro atoms. The number of fused-ring (bicyclic) bond motifs is 4. The van der Waals surface area contributed by atoms with Crippen LogP contribution >= 0.6 is 0 Å². The van der Waals surface area contributed by atoms with Gasteiger partial charge in [-0.1, -0.05) is 20.8 Å². The van der Waals surface area contributed by atoms with Crippen LogP contribution in [0.25, 0.3) is 11.0 Å². The molecule has 0 amide bonds. The molecule has 158 valence electrons. The molecule has 3 aliphatic rings. The van der Waals surface area contributed by atoms with Crippen molar-refractivity contribution in [1.82, 2.24) is 14.9 Å². The van der Waals surface area contributed by atoms with Crippen molar-refractivity contribution < 1.29 is 19.2 Å². The number of hydrogen-bond acceptors (Lipinski definition) is 6. The molecule has 0 bridgehead atoms. The topological polar surface area (TPSA) is 87.7 Å². The first kappa shape index (κ1) is 21.8. The number of carbonyl (C=O) groups is 1. The van der Waals surface area contributed by atoms with E-state index in [1.807, 2.05) is 20.0 Å². The van der Waals surface area contributed by atoms with Gasteiger partial charge in [0, 0.05) is 29.8 Å². The second-order valence-corrected chi connectivity index (χ2v) is 7.99. The molecule has 29 heavy (non-hydrogen) atoms. The molecule has 0 aromatic carbocycles. The highest BCUT2D eigenvalue weighted by Crippen LogP contribution is 2.65. The largest absolute Gasteiger partial charge is 0.493 e. The quantitative estimate of drug-likeness (QED) is 0.592. The van der Waals surface area contributed by atoms with Gasteiger partial charge in [-0.05, 0) is 56.3 Å². The Bertz CT molecular complexity index is 860. The minimum Gasteiger partial charge on any atom is -0.468 e. The van der Waals surface area contributed by atoms with Gasteiger partial charge in [0.1, 0.15) is 5.65 Å². The van der Waals surface area contributed by atoms with Crippen LogP contribution in [-0.4, -0.2) is 60.2 Å². The SMILES string of the molecule is CC.CC1C2(CCN(C)C2)CC12OB(O)c1cnc3[nH]ccc3c12.CCOC=O. The normalized spacial score (nSPS) is 29.7. The van der Waals surface area contributed by atoms with Crippen molar-refractivity contribution in [3.05, 3.63) is 24.0 Å². The van der Waals surface area contributed by atoms with Crippen LogP contribution in [0.15, 0.2) is 18.5 Å². The van der Waals surface area contributed by atoms with Crippen molar-refractivity contribution in [2.75, 3.05) is 26.7 Å². The summed E-state index contributed by atoms with van der Waals surface area (Å²) in [6.07, 6.45) is 5.91. The van der Waals surface area contributed by atoms with E-state index in [1.54, 1.807) is 13.1 Å². The van der Waals surface area contributed by atoms with Crippen LogP contribution in [0.4, 0.5) is 0 Å². The Morgan fingerprint density at radius 2 is 2.28 bits per heavy atom. The van der Waals surface area contributed by atoms with Gasteiger partial charge in [0.2, 0.25) is 0 Å². The number of carbonyl (C=O) groups excluding carboxylic acids is 1. The van der Waals surface area contributed by atoms with Gasteiger partial charge in [0.15, 0.2) is 0 Å². The molecule has 2 fully saturated rings. The van der Waals surface area contributed by atoms with Crippen LogP contribution < -0.4 is 5.46 Å². The molecular weight excluding hydrogens is 369 g/mol. The molecule has 2 aliphatic heterocycles. The number of pyridine rings is 1. The van der Waals surface area contributed by atoms with E-state index in [2.05, 4.69) is 39.6 Å². The first-order valence-corrected chi connectivity index (χ1v) is 10.5. The Kier molecular flexibility index (Phi) is 6.36. The summed E-state index contributed by atoms with van der Waals surface area (Å²) in [6, 6.07) is 2.06. The number of aromatic nitrogens is 2. The first-order valence-electron chi connectivity index (χ1n) is 10.5. The van der Waals surface area contributed by atoms with Crippen LogP contribution in [0, 0.1) is 11.3 Å². The van der Waals surface area contributed by atoms with Gasteiger partial charge in [-0.2, -0.15) is 0 Å². The Hall–Kier alpha value is -1.90. The maximum Gasteiger partial charge on any atom is 0.493 e. The fraction of sp³-hybridized carbons (Fsp3) is 0.619. The summed E-state index contributed by atoms with van der Waals surface area (Å²) in [5, 5.41) is 11.5. The third-order valence-electron chi connectivity index (χ3n) is 6.67. The average Bonchev–Trinajstić information content (AvgIpc) is 3.42. The summed E-state index contributed by atoms with van der Waals surface area (Å²) in [5.74, 6) is 0.404. The van der Waals surface area contributed by atoms with Gasteiger partial charge in [-0.15, -0.1) is 0 Å². The molecule has 2 N–H and O–H groups in total. The minimum absolute atomic E-state index is 0.335. The van der Waals surface area contributed by atoms with Gasteiger partial charge in [0.05, 0.1) is 12.2 Å². The zero-order valence-corrected chi connectivity index (χ0v) is 18.1. The lowest BCUT2D eigenvalue weighted by Crippen LogP contribution is -2.59. The van der Waals surface area contributed by atoms with Crippen LogP contribution in [-0.2, 0) is 19.8 Å². The molecule has 3 atom stereocenters. The Morgan fingerprint density at radius 3 is 2.83 bits per heavy atom. The number of nitrogens with zero attached hydrogens (tertiary/aromatic N) is 2. The highest BCUT2D eigenvalue weighted by Gasteiger charge is 2.68. The maximum absolute atomic E-state index is 10.4. The van der Waals surface area contributed by atoms with Crippen molar-refractivity contribution >= 4 is 30.1 Å². The Balaban J connectivity index is 0.000000304. The summed E-state index contributed by atoms with van der Waals surface area (Å²) in [7, 11) is 1.35. The van der Waals surface area contributed by atoms with Crippen molar-refractivity contribution in [2.45, 2.75) is 46.1 Å². The van der Waals surface area contributed by atoms with E-state index in [1.165, 1.54) is 12.0 Å². The number of likely N-dealkylation sites (tertiary alicyclic amines) is 1. The van der Waals surface area contributed by atoms with E-state index in [0.717, 1.165) is 36.0 Å². The molecule has 1 aliphatic carbocycles. The van der Waals surface area contributed by atoms with Gasteiger partial charge < -0.3 is 24.3 Å². The molecule has 2 aromatic rings. The minimum atomic E-state index is -0.847. The molecule has 3 unspecified atom stereocenters. The fourth-order valence-corrected chi connectivity index (χ4v) is 5.32. The van der Waals surface area contributed by atoms with E-state index in [4.69, 9.17) is 4.65 Å². The predicted octanol–water partition coefficient (Wildman–Crippen LogP) is 2.04. The molecule has 5 rings (SSSR count).